The number of nitrogens with one attached hydrogen (secondary N) is 1. The molecule has 0 saturated carbocycles. The molecule has 2 rings (SSSR count). The molecule has 6 heteroatoms. The molecule has 1 atom stereocenters. The van der Waals surface area contributed by atoms with Gasteiger partial charge in [0.15, 0.2) is 0 Å². The molecule has 14 heavy (non-hydrogen) atoms. The Labute approximate surface area is 81.5 Å². The molecule has 0 radical (unpaired) electrons. The molecule has 1 saturated heterocycles. The average Bonchev–Trinajstić information content (AvgIpc) is 2.73. The summed E-state index contributed by atoms with van der Waals surface area (Å²) in [6.07, 6.45) is 0.856. The van der Waals surface area contributed by atoms with Crippen LogP contribution in [0.25, 0.3) is 0 Å². The maximum Gasteiger partial charge on any atom is 0.293 e. The van der Waals surface area contributed by atoms with Gasteiger partial charge in [-0.25, -0.2) is 4.98 Å². The lowest BCUT2D eigenvalue weighted by Gasteiger charge is -2.12. The number of amides is 1. The summed E-state index contributed by atoms with van der Waals surface area (Å²) in [5, 5.41) is 6.46. The van der Waals surface area contributed by atoms with Gasteiger partial charge < -0.3 is 10.6 Å². The van der Waals surface area contributed by atoms with Gasteiger partial charge in [-0.3, -0.25) is 9.89 Å². The number of aromatic nitrogens is 3. The summed E-state index contributed by atoms with van der Waals surface area (Å²) in [6, 6.07) is 0.0963. The molecule has 1 fully saturated rings. The van der Waals surface area contributed by atoms with Crippen molar-refractivity contribution in [3.05, 3.63) is 11.6 Å². The van der Waals surface area contributed by atoms with Crippen LogP contribution < -0.4 is 5.73 Å². The highest BCUT2D eigenvalue weighted by Gasteiger charge is 2.26. The molecule has 0 spiro atoms. The predicted molar refractivity (Wildman–Crippen MR) is 49.6 cm³/mol. The minimum Gasteiger partial charge on any atom is -0.334 e. The summed E-state index contributed by atoms with van der Waals surface area (Å²) in [4.78, 5) is 17.4. The Morgan fingerprint density at radius 2 is 2.50 bits per heavy atom. The second kappa shape index (κ2) is 3.38. The van der Waals surface area contributed by atoms with Crippen LogP contribution in [0, 0.1) is 6.92 Å². The Morgan fingerprint density at radius 3 is 3.00 bits per heavy atom. The molecule has 0 aliphatic carbocycles. The zero-order valence-corrected chi connectivity index (χ0v) is 8.03. The summed E-state index contributed by atoms with van der Waals surface area (Å²) >= 11 is 0. The molecule has 1 aromatic rings. The quantitative estimate of drug-likeness (QED) is 0.619. The number of carbonyl (C=O) groups excluding carboxylic acids is 1. The van der Waals surface area contributed by atoms with Gasteiger partial charge >= 0.3 is 0 Å². The van der Waals surface area contributed by atoms with Gasteiger partial charge in [0.25, 0.3) is 5.91 Å². The van der Waals surface area contributed by atoms with Gasteiger partial charge in [-0.2, -0.15) is 0 Å². The van der Waals surface area contributed by atoms with Gasteiger partial charge in [-0.15, -0.1) is 5.10 Å². The smallest absolute Gasteiger partial charge is 0.293 e. The number of carbonyl (C=O) groups is 1. The summed E-state index contributed by atoms with van der Waals surface area (Å²) in [7, 11) is 0. The third kappa shape index (κ3) is 1.60. The second-order valence-electron chi connectivity index (χ2n) is 3.54. The molecule has 2 heterocycles. The standard InChI is InChI=1S/C8H13N5O/c1-5-10-7(12-11-5)8(14)13-3-2-6(9)4-13/h6H,2-4,9H2,1H3,(H,10,11,12). The van der Waals surface area contributed by atoms with Crippen LogP contribution >= 0.6 is 0 Å². The van der Waals surface area contributed by atoms with E-state index in [4.69, 9.17) is 5.73 Å². The number of rotatable bonds is 1. The Hall–Kier alpha value is -1.43. The highest BCUT2D eigenvalue weighted by Crippen LogP contribution is 2.09. The number of nitrogens with zero attached hydrogens (tertiary/aromatic N) is 3. The van der Waals surface area contributed by atoms with Crippen LogP contribution in [0.3, 0.4) is 0 Å². The molecule has 1 amide bonds. The van der Waals surface area contributed by atoms with Crippen LogP contribution in [0.4, 0.5) is 0 Å². The number of aromatic amines is 1. The lowest BCUT2D eigenvalue weighted by atomic mass is 10.3. The van der Waals surface area contributed by atoms with E-state index in [1.165, 1.54) is 0 Å². The molecule has 6 nitrogen and oxygen atoms in total. The van der Waals surface area contributed by atoms with E-state index in [9.17, 15) is 4.79 Å². The van der Waals surface area contributed by atoms with Crippen LogP contribution in [0.5, 0.6) is 0 Å². The second-order valence-corrected chi connectivity index (χ2v) is 3.54. The molecule has 0 bridgehead atoms. The van der Waals surface area contributed by atoms with E-state index in [0.29, 0.717) is 18.9 Å². The zero-order valence-electron chi connectivity index (χ0n) is 8.03. The highest BCUT2D eigenvalue weighted by molar-refractivity contribution is 5.90. The summed E-state index contributed by atoms with van der Waals surface area (Å²) < 4.78 is 0. The van der Waals surface area contributed by atoms with Crippen molar-refractivity contribution in [1.29, 1.82) is 0 Å². The average molecular weight is 195 g/mol. The van der Waals surface area contributed by atoms with Gasteiger partial charge in [-0.1, -0.05) is 0 Å². The van der Waals surface area contributed by atoms with Crippen molar-refractivity contribution in [1.82, 2.24) is 20.1 Å². The van der Waals surface area contributed by atoms with Crippen molar-refractivity contribution in [2.24, 2.45) is 5.73 Å². The molecule has 1 aliphatic rings. The fourth-order valence-corrected chi connectivity index (χ4v) is 1.55. The highest BCUT2D eigenvalue weighted by atomic mass is 16.2. The molecule has 3 N–H and O–H groups in total. The molecular weight excluding hydrogens is 182 g/mol. The number of H-pyrrole nitrogens is 1. The number of likely N-dealkylation sites (tertiary alicyclic amines) is 1. The van der Waals surface area contributed by atoms with Gasteiger partial charge in [0.2, 0.25) is 5.82 Å². The molecule has 0 aromatic carbocycles. The Kier molecular flexibility index (Phi) is 2.20. The van der Waals surface area contributed by atoms with Crippen LogP contribution in [0.2, 0.25) is 0 Å². The topological polar surface area (TPSA) is 87.9 Å². The van der Waals surface area contributed by atoms with Crippen molar-refractivity contribution in [3.8, 4) is 0 Å². The summed E-state index contributed by atoms with van der Waals surface area (Å²) in [5.74, 6) is 0.746. The molecular formula is C8H13N5O. The van der Waals surface area contributed by atoms with E-state index in [0.717, 1.165) is 6.42 Å². The van der Waals surface area contributed by atoms with Crippen LogP contribution in [-0.2, 0) is 0 Å². The first-order valence-corrected chi connectivity index (χ1v) is 4.60. The number of nitrogens with two attached hydrogens (primary N) is 1. The van der Waals surface area contributed by atoms with Crippen LogP contribution in [0.1, 0.15) is 22.9 Å². The largest absolute Gasteiger partial charge is 0.334 e. The molecule has 1 aromatic heterocycles. The van der Waals surface area contributed by atoms with Gasteiger partial charge in [0, 0.05) is 19.1 Å². The maximum atomic E-state index is 11.7. The van der Waals surface area contributed by atoms with Gasteiger partial charge in [-0.05, 0) is 13.3 Å². The Balaban J connectivity index is 2.09. The fraction of sp³-hybridized carbons (Fsp3) is 0.625. The minimum absolute atomic E-state index is 0.0963. The van der Waals surface area contributed by atoms with E-state index in [2.05, 4.69) is 15.2 Å². The Bertz CT molecular complexity index is 347. The number of hydrogen-bond donors (Lipinski definition) is 2. The van der Waals surface area contributed by atoms with Crippen molar-refractivity contribution >= 4 is 5.91 Å². The van der Waals surface area contributed by atoms with Crippen LogP contribution in [-0.4, -0.2) is 45.1 Å². The fourth-order valence-electron chi connectivity index (χ4n) is 1.55. The molecule has 1 unspecified atom stereocenters. The van der Waals surface area contributed by atoms with Crippen LogP contribution in [0.15, 0.2) is 0 Å². The van der Waals surface area contributed by atoms with E-state index in [1.807, 2.05) is 0 Å². The molecule has 1 aliphatic heterocycles. The van der Waals surface area contributed by atoms with E-state index >= 15 is 0 Å². The lowest BCUT2D eigenvalue weighted by Crippen LogP contribution is -2.32. The van der Waals surface area contributed by atoms with Crippen molar-refractivity contribution in [2.45, 2.75) is 19.4 Å². The third-order valence-electron chi connectivity index (χ3n) is 2.30. The first-order valence-electron chi connectivity index (χ1n) is 4.60. The maximum absolute atomic E-state index is 11.7. The van der Waals surface area contributed by atoms with Crippen molar-refractivity contribution < 1.29 is 4.79 Å². The summed E-state index contributed by atoms with van der Waals surface area (Å²) in [6.45, 7) is 3.07. The number of aryl methyl sites for hydroxylation is 1. The zero-order chi connectivity index (χ0) is 10.1. The van der Waals surface area contributed by atoms with Gasteiger partial charge in [0.1, 0.15) is 5.82 Å². The molecule has 76 valence electrons. The van der Waals surface area contributed by atoms with Crippen molar-refractivity contribution in [2.75, 3.05) is 13.1 Å². The Morgan fingerprint density at radius 1 is 1.71 bits per heavy atom. The SMILES string of the molecule is Cc1nc(C(=O)N2CCC(N)C2)n[nH]1. The number of hydrogen-bond acceptors (Lipinski definition) is 4. The van der Waals surface area contributed by atoms with E-state index in [1.54, 1.807) is 11.8 Å². The third-order valence-corrected chi connectivity index (χ3v) is 2.30. The lowest BCUT2D eigenvalue weighted by molar-refractivity contribution is 0.0779. The minimum atomic E-state index is -0.137. The van der Waals surface area contributed by atoms with E-state index < -0.39 is 0 Å². The first kappa shape index (κ1) is 9.14. The predicted octanol–water partition coefficient (Wildman–Crippen LogP) is -0.714. The van der Waals surface area contributed by atoms with Gasteiger partial charge in [0.05, 0.1) is 0 Å². The van der Waals surface area contributed by atoms with Crippen molar-refractivity contribution in [3.63, 3.8) is 0 Å². The first-order chi connectivity index (χ1) is 6.66. The summed E-state index contributed by atoms with van der Waals surface area (Å²) in [5.41, 5.74) is 5.70. The monoisotopic (exact) mass is 195 g/mol. The van der Waals surface area contributed by atoms with E-state index in [-0.39, 0.29) is 17.8 Å². The normalized spacial score (nSPS) is 21.6.